The van der Waals surface area contributed by atoms with Gasteiger partial charge in [-0.1, -0.05) is 97.3 Å². The summed E-state index contributed by atoms with van der Waals surface area (Å²) < 4.78 is 0. The van der Waals surface area contributed by atoms with Crippen molar-refractivity contribution >= 4 is 12.2 Å². The van der Waals surface area contributed by atoms with Gasteiger partial charge in [0.15, 0.2) is 0 Å². The molecular weight excluding hydrogens is 372 g/mol. The van der Waals surface area contributed by atoms with Crippen LogP contribution in [0.5, 0.6) is 0 Å². The lowest BCUT2D eigenvalue weighted by atomic mass is 9.82. The lowest BCUT2D eigenvalue weighted by Crippen LogP contribution is -2.13. The molecule has 4 nitrogen and oxygen atoms in total. The molecule has 0 amide bonds. The summed E-state index contributed by atoms with van der Waals surface area (Å²) >= 11 is 0. The standard InChI is InChI=1S/C26H47N2O2/c1-3-4-13-19-26(20-15-10-6-8-12-17-22-28-24-30)25(2)18-14-9-5-7-11-16-21-27-23-29/h19,25-26H,3-18,20-22H2,1-2H3. The molecule has 0 saturated carbocycles. The minimum atomic E-state index is 0.643. The Morgan fingerprint density at radius 1 is 0.667 bits per heavy atom. The molecule has 0 aromatic rings. The molecule has 0 fully saturated rings. The topological polar surface area (TPSA) is 58.9 Å². The largest absolute Gasteiger partial charge is 0.234 e. The molecule has 4 heteroatoms. The number of isocyanates is 2. The molecule has 0 saturated heterocycles. The first-order valence-corrected chi connectivity index (χ1v) is 12.7. The Balaban J connectivity index is 3.88. The van der Waals surface area contributed by atoms with Gasteiger partial charge in [-0.3, -0.25) is 0 Å². The third kappa shape index (κ3) is 20.0. The highest BCUT2D eigenvalue weighted by molar-refractivity contribution is 5.32. The summed E-state index contributed by atoms with van der Waals surface area (Å²) in [6.07, 6.45) is 27.3. The van der Waals surface area contributed by atoms with Gasteiger partial charge in [0, 0.05) is 0 Å². The Hall–Kier alpha value is -1.24. The van der Waals surface area contributed by atoms with Gasteiger partial charge in [-0.15, -0.1) is 0 Å². The van der Waals surface area contributed by atoms with Crippen molar-refractivity contribution < 1.29 is 9.59 Å². The molecule has 0 N–H and O–H groups in total. The second-order valence-electron chi connectivity index (χ2n) is 8.79. The predicted octanol–water partition coefficient (Wildman–Crippen LogP) is 7.77. The Morgan fingerprint density at radius 2 is 1.13 bits per heavy atom. The lowest BCUT2D eigenvalue weighted by Gasteiger charge is -2.24. The van der Waals surface area contributed by atoms with Crippen molar-refractivity contribution in [1.29, 1.82) is 0 Å². The summed E-state index contributed by atoms with van der Waals surface area (Å²) in [6.45, 7) is 6.02. The quantitative estimate of drug-likeness (QED) is 0.0964. The van der Waals surface area contributed by atoms with E-state index >= 15 is 0 Å². The van der Waals surface area contributed by atoms with Crippen LogP contribution in [0, 0.1) is 18.3 Å². The van der Waals surface area contributed by atoms with E-state index in [1.165, 1.54) is 96.3 Å². The van der Waals surface area contributed by atoms with Gasteiger partial charge in [-0.2, -0.15) is 0 Å². The molecule has 30 heavy (non-hydrogen) atoms. The maximum Gasteiger partial charge on any atom is 0.234 e. The van der Waals surface area contributed by atoms with E-state index in [0.717, 1.165) is 24.7 Å². The molecule has 0 aromatic heterocycles. The number of hydrogen-bond donors (Lipinski definition) is 0. The number of aliphatic imine (C=N–C) groups is 2. The average Bonchev–Trinajstić information content (AvgIpc) is 2.75. The van der Waals surface area contributed by atoms with Gasteiger partial charge in [-0.05, 0) is 43.9 Å². The van der Waals surface area contributed by atoms with Crippen LogP contribution in [0.1, 0.15) is 123 Å². The van der Waals surface area contributed by atoms with E-state index in [2.05, 4.69) is 30.3 Å². The third-order valence-corrected chi connectivity index (χ3v) is 6.12. The second kappa shape index (κ2) is 24.0. The Labute approximate surface area is 186 Å². The fourth-order valence-electron chi connectivity index (χ4n) is 4.12. The summed E-state index contributed by atoms with van der Waals surface area (Å²) in [7, 11) is 0. The van der Waals surface area contributed by atoms with E-state index in [1.54, 1.807) is 12.2 Å². The summed E-state index contributed by atoms with van der Waals surface area (Å²) in [5.41, 5.74) is 0. The van der Waals surface area contributed by atoms with E-state index in [4.69, 9.17) is 0 Å². The Kier molecular flexibility index (Phi) is 23.0. The molecule has 0 aliphatic carbocycles. The molecule has 0 spiro atoms. The van der Waals surface area contributed by atoms with Gasteiger partial charge in [0.05, 0.1) is 13.1 Å². The maximum atomic E-state index is 10.0. The SMILES string of the molecule is CCCC[CH]C(CCCCCCCCN=C=O)C(C)CCCCCCCCN=C=O. The van der Waals surface area contributed by atoms with Crippen LogP contribution >= 0.6 is 0 Å². The first kappa shape index (κ1) is 28.8. The Bertz CT molecular complexity index is 454. The monoisotopic (exact) mass is 419 g/mol. The van der Waals surface area contributed by atoms with E-state index in [0.29, 0.717) is 13.1 Å². The van der Waals surface area contributed by atoms with Crippen LogP contribution in [0.2, 0.25) is 0 Å². The van der Waals surface area contributed by atoms with Gasteiger partial charge >= 0.3 is 0 Å². The number of rotatable bonds is 23. The summed E-state index contributed by atoms with van der Waals surface area (Å²) in [5, 5.41) is 0. The van der Waals surface area contributed by atoms with Crippen LogP contribution in [0.4, 0.5) is 0 Å². The highest BCUT2D eigenvalue weighted by Gasteiger charge is 2.16. The number of unbranched alkanes of at least 4 members (excludes halogenated alkanes) is 12. The van der Waals surface area contributed by atoms with Crippen molar-refractivity contribution in [3.8, 4) is 0 Å². The van der Waals surface area contributed by atoms with Crippen molar-refractivity contribution in [1.82, 2.24) is 0 Å². The zero-order valence-corrected chi connectivity index (χ0v) is 19.9. The Morgan fingerprint density at radius 3 is 1.63 bits per heavy atom. The van der Waals surface area contributed by atoms with Gasteiger partial charge < -0.3 is 0 Å². The third-order valence-electron chi connectivity index (χ3n) is 6.12. The normalized spacial score (nSPS) is 12.7. The molecule has 1 radical (unpaired) electrons. The maximum absolute atomic E-state index is 10.0. The van der Waals surface area contributed by atoms with Crippen LogP contribution in [0.15, 0.2) is 9.98 Å². The fraction of sp³-hybridized carbons (Fsp3) is 0.885. The summed E-state index contributed by atoms with van der Waals surface area (Å²) in [5.74, 6) is 1.57. The lowest BCUT2D eigenvalue weighted by molar-refractivity contribution is 0.327. The number of nitrogens with zero attached hydrogens (tertiary/aromatic N) is 2. The molecule has 0 rings (SSSR count). The minimum Gasteiger partial charge on any atom is -0.211 e. The number of carbonyl (C=O) groups excluding carboxylic acids is 2. The molecule has 2 unspecified atom stereocenters. The smallest absolute Gasteiger partial charge is 0.211 e. The van der Waals surface area contributed by atoms with E-state index in [1.807, 2.05) is 0 Å². The van der Waals surface area contributed by atoms with Crippen molar-refractivity contribution in [2.45, 2.75) is 123 Å². The van der Waals surface area contributed by atoms with Gasteiger partial charge in [0.1, 0.15) is 0 Å². The molecule has 173 valence electrons. The number of hydrogen-bond acceptors (Lipinski definition) is 4. The molecule has 0 aromatic carbocycles. The van der Waals surface area contributed by atoms with Crippen molar-refractivity contribution in [3.05, 3.63) is 6.42 Å². The highest BCUT2D eigenvalue weighted by Crippen LogP contribution is 2.28. The summed E-state index contributed by atoms with van der Waals surface area (Å²) in [4.78, 5) is 27.3. The van der Waals surface area contributed by atoms with Crippen LogP contribution in [0.25, 0.3) is 0 Å². The van der Waals surface area contributed by atoms with Crippen LogP contribution in [0.3, 0.4) is 0 Å². The van der Waals surface area contributed by atoms with Gasteiger partial charge in [-0.25, -0.2) is 19.6 Å². The first-order chi connectivity index (χ1) is 14.8. The highest BCUT2D eigenvalue weighted by atomic mass is 16.1. The molecule has 2 atom stereocenters. The summed E-state index contributed by atoms with van der Waals surface area (Å²) in [6, 6.07) is 0. The zero-order chi connectivity index (χ0) is 22.1. The van der Waals surface area contributed by atoms with Gasteiger partial charge in [0.25, 0.3) is 0 Å². The predicted molar refractivity (Wildman–Crippen MR) is 127 cm³/mol. The molecular formula is C26H47N2O2. The van der Waals surface area contributed by atoms with Crippen molar-refractivity contribution in [2.75, 3.05) is 13.1 Å². The van der Waals surface area contributed by atoms with E-state index in [9.17, 15) is 9.59 Å². The zero-order valence-electron chi connectivity index (χ0n) is 19.9. The second-order valence-corrected chi connectivity index (χ2v) is 8.79. The fourth-order valence-corrected chi connectivity index (χ4v) is 4.12. The van der Waals surface area contributed by atoms with Crippen LogP contribution in [-0.2, 0) is 9.59 Å². The van der Waals surface area contributed by atoms with Gasteiger partial charge in [0.2, 0.25) is 12.2 Å². The van der Waals surface area contributed by atoms with Crippen LogP contribution < -0.4 is 0 Å². The first-order valence-electron chi connectivity index (χ1n) is 12.7. The van der Waals surface area contributed by atoms with Crippen LogP contribution in [-0.4, -0.2) is 25.2 Å². The van der Waals surface area contributed by atoms with Crippen molar-refractivity contribution in [2.24, 2.45) is 21.8 Å². The molecule has 0 aliphatic rings. The van der Waals surface area contributed by atoms with E-state index in [-0.39, 0.29) is 0 Å². The molecule has 0 heterocycles. The average molecular weight is 420 g/mol. The minimum absolute atomic E-state index is 0.643. The van der Waals surface area contributed by atoms with Crippen molar-refractivity contribution in [3.63, 3.8) is 0 Å². The molecule has 0 aliphatic heterocycles. The molecule has 0 bridgehead atoms. The van der Waals surface area contributed by atoms with E-state index < -0.39 is 0 Å².